The van der Waals surface area contributed by atoms with E-state index in [0.29, 0.717) is 5.56 Å². The summed E-state index contributed by atoms with van der Waals surface area (Å²) < 4.78 is 22.1. The highest BCUT2D eigenvalue weighted by molar-refractivity contribution is 8.13. The normalized spacial score (nSPS) is 11.7. The number of aryl methyl sites for hydroxylation is 1. The topological polar surface area (TPSA) is 34.1 Å². The third-order valence-corrected chi connectivity index (χ3v) is 3.88. The summed E-state index contributed by atoms with van der Waals surface area (Å²) in [6, 6.07) is 3.06. The van der Waals surface area contributed by atoms with Gasteiger partial charge in [-0.05, 0) is 18.6 Å². The molecule has 0 bridgehead atoms. The van der Waals surface area contributed by atoms with Crippen molar-refractivity contribution in [1.82, 2.24) is 0 Å². The Morgan fingerprint density at radius 1 is 1.23 bits per heavy atom. The molecule has 0 N–H and O–H groups in total. The van der Waals surface area contributed by atoms with Crippen LogP contribution in [0, 0.1) is 6.92 Å². The van der Waals surface area contributed by atoms with E-state index in [1.165, 1.54) is 6.07 Å². The molecule has 0 unspecified atom stereocenters. The van der Waals surface area contributed by atoms with Gasteiger partial charge in [-0.25, -0.2) is 8.42 Å². The average Bonchev–Trinajstić information content (AvgIpc) is 1.95. The zero-order chi connectivity index (χ0) is 10.2. The lowest BCUT2D eigenvalue weighted by Crippen LogP contribution is -1.96. The van der Waals surface area contributed by atoms with Crippen molar-refractivity contribution in [3.05, 3.63) is 27.7 Å². The molecule has 0 atom stereocenters. The van der Waals surface area contributed by atoms with Crippen molar-refractivity contribution in [3.8, 4) is 0 Å². The summed E-state index contributed by atoms with van der Waals surface area (Å²) >= 11 is 11.3. The minimum atomic E-state index is -3.83. The van der Waals surface area contributed by atoms with Crippen LogP contribution in [0.25, 0.3) is 0 Å². The number of hydrogen-bond acceptors (Lipinski definition) is 2. The Kier molecular flexibility index (Phi) is 3.12. The van der Waals surface area contributed by atoms with Gasteiger partial charge in [0.1, 0.15) is 4.90 Å². The van der Waals surface area contributed by atoms with E-state index in [4.69, 9.17) is 33.9 Å². The maximum absolute atomic E-state index is 11.0. The number of rotatable bonds is 1. The second-order valence-corrected chi connectivity index (χ2v) is 5.73. The Balaban J connectivity index is 3.62. The van der Waals surface area contributed by atoms with Crippen molar-refractivity contribution in [3.63, 3.8) is 0 Å². The van der Waals surface area contributed by atoms with Gasteiger partial charge >= 0.3 is 0 Å². The molecule has 0 aliphatic rings. The smallest absolute Gasteiger partial charge is 0.207 e. The molecule has 13 heavy (non-hydrogen) atoms. The monoisotopic (exact) mass is 258 g/mol. The first-order valence-corrected chi connectivity index (χ1v) is 6.30. The molecule has 72 valence electrons. The Morgan fingerprint density at radius 2 is 1.77 bits per heavy atom. The van der Waals surface area contributed by atoms with Crippen LogP contribution in [0.3, 0.4) is 0 Å². The van der Waals surface area contributed by atoms with Gasteiger partial charge in [0.15, 0.2) is 0 Å². The fourth-order valence-corrected chi connectivity index (χ4v) is 3.15. The van der Waals surface area contributed by atoms with Crippen LogP contribution in [-0.4, -0.2) is 8.42 Å². The maximum atomic E-state index is 11.0. The van der Waals surface area contributed by atoms with Crippen molar-refractivity contribution < 1.29 is 8.42 Å². The number of benzene rings is 1. The molecule has 6 heteroatoms. The van der Waals surface area contributed by atoms with Crippen LogP contribution in [-0.2, 0) is 9.05 Å². The quantitative estimate of drug-likeness (QED) is 0.726. The Bertz CT molecular complexity index is 439. The van der Waals surface area contributed by atoms with Gasteiger partial charge in [0.2, 0.25) is 0 Å². The largest absolute Gasteiger partial charge is 0.263 e. The molecule has 0 fully saturated rings. The maximum Gasteiger partial charge on any atom is 0.263 e. The lowest BCUT2D eigenvalue weighted by Gasteiger charge is -2.05. The van der Waals surface area contributed by atoms with E-state index >= 15 is 0 Å². The molecule has 2 nitrogen and oxygen atoms in total. The van der Waals surface area contributed by atoms with Crippen LogP contribution in [0.2, 0.25) is 10.0 Å². The first-order valence-electron chi connectivity index (χ1n) is 3.23. The third kappa shape index (κ3) is 2.29. The van der Waals surface area contributed by atoms with Gasteiger partial charge in [-0.15, -0.1) is 0 Å². The van der Waals surface area contributed by atoms with Crippen molar-refractivity contribution in [2.24, 2.45) is 0 Å². The summed E-state index contributed by atoms with van der Waals surface area (Å²) in [6.07, 6.45) is 0. The first-order chi connectivity index (χ1) is 5.84. The second kappa shape index (κ2) is 3.65. The van der Waals surface area contributed by atoms with E-state index < -0.39 is 9.05 Å². The van der Waals surface area contributed by atoms with Gasteiger partial charge in [0.05, 0.1) is 10.0 Å². The van der Waals surface area contributed by atoms with Gasteiger partial charge in [-0.1, -0.05) is 29.3 Å². The summed E-state index contributed by atoms with van der Waals surface area (Å²) in [7, 11) is 1.34. The second-order valence-electron chi connectivity index (χ2n) is 2.45. The van der Waals surface area contributed by atoms with Gasteiger partial charge in [0.25, 0.3) is 9.05 Å². The molecule has 1 aromatic carbocycles. The number of hydrogen-bond donors (Lipinski definition) is 0. The van der Waals surface area contributed by atoms with Crippen molar-refractivity contribution >= 4 is 42.9 Å². The molecule has 0 saturated carbocycles. The molecule has 0 amide bonds. The zero-order valence-corrected chi connectivity index (χ0v) is 9.60. The third-order valence-electron chi connectivity index (χ3n) is 1.49. The van der Waals surface area contributed by atoms with Gasteiger partial charge in [0, 0.05) is 10.7 Å². The molecule has 0 aliphatic heterocycles. The molecule has 0 aliphatic carbocycles. The molecular formula is C7H5Cl3O2S. The highest BCUT2D eigenvalue weighted by atomic mass is 35.7. The summed E-state index contributed by atoms with van der Waals surface area (Å²) in [4.78, 5) is -0.122. The predicted molar refractivity (Wildman–Crippen MR) is 54.2 cm³/mol. The Morgan fingerprint density at radius 3 is 2.15 bits per heavy atom. The molecule has 1 rings (SSSR count). The average molecular weight is 260 g/mol. The fraction of sp³-hybridized carbons (Fsp3) is 0.143. The Labute approximate surface area is 90.8 Å². The SMILES string of the molecule is Cc1ccc(Cl)c(Cl)c1S(=O)(=O)Cl. The van der Waals surface area contributed by atoms with E-state index in [-0.39, 0.29) is 14.9 Å². The molecule has 0 spiro atoms. The van der Waals surface area contributed by atoms with E-state index in [9.17, 15) is 8.42 Å². The fourth-order valence-electron chi connectivity index (χ4n) is 0.928. The predicted octanol–water partition coefficient (Wildman–Crippen LogP) is 3.23. The van der Waals surface area contributed by atoms with E-state index in [2.05, 4.69) is 0 Å². The minimum absolute atomic E-state index is 0.0309. The van der Waals surface area contributed by atoms with Crippen molar-refractivity contribution in [1.29, 1.82) is 0 Å². The molecule has 1 aromatic rings. The molecule has 0 saturated heterocycles. The van der Waals surface area contributed by atoms with Gasteiger partial charge in [-0.3, -0.25) is 0 Å². The van der Waals surface area contributed by atoms with Crippen LogP contribution in [0.4, 0.5) is 0 Å². The van der Waals surface area contributed by atoms with Crippen LogP contribution < -0.4 is 0 Å². The van der Waals surface area contributed by atoms with Crippen LogP contribution in [0.15, 0.2) is 17.0 Å². The van der Waals surface area contributed by atoms with Gasteiger partial charge in [-0.2, -0.15) is 0 Å². The van der Waals surface area contributed by atoms with Crippen LogP contribution in [0.1, 0.15) is 5.56 Å². The van der Waals surface area contributed by atoms with E-state index in [0.717, 1.165) is 0 Å². The number of halogens is 3. The highest BCUT2D eigenvalue weighted by Gasteiger charge is 2.19. The first kappa shape index (κ1) is 11.1. The highest BCUT2D eigenvalue weighted by Crippen LogP contribution is 2.33. The van der Waals surface area contributed by atoms with Crippen LogP contribution >= 0.6 is 33.9 Å². The van der Waals surface area contributed by atoms with Crippen LogP contribution in [0.5, 0.6) is 0 Å². The summed E-state index contributed by atoms with van der Waals surface area (Å²) in [5.41, 5.74) is 0.476. The van der Waals surface area contributed by atoms with E-state index in [1.807, 2.05) is 0 Å². The standard InChI is InChI=1S/C7H5Cl3O2S/c1-4-2-3-5(8)6(9)7(4)13(10,11)12/h2-3H,1H3. The van der Waals surface area contributed by atoms with Crippen molar-refractivity contribution in [2.75, 3.05) is 0 Å². The van der Waals surface area contributed by atoms with Crippen molar-refractivity contribution in [2.45, 2.75) is 11.8 Å². The summed E-state index contributed by atoms with van der Waals surface area (Å²) in [5.74, 6) is 0. The lowest BCUT2D eigenvalue weighted by molar-refractivity contribution is 0.609. The molecule has 0 heterocycles. The Hall–Kier alpha value is 0.0400. The minimum Gasteiger partial charge on any atom is -0.207 e. The van der Waals surface area contributed by atoms with Gasteiger partial charge < -0.3 is 0 Å². The molecular weight excluding hydrogens is 255 g/mol. The van der Waals surface area contributed by atoms with E-state index in [1.54, 1.807) is 13.0 Å². The molecule has 0 radical (unpaired) electrons. The molecule has 0 aromatic heterocycles. The lowest BCUT2D eigenvalue weighted by atomic mass is 10.2. The summed E-state index contributed by atoms with van der Waals surface area (Å²) in [6.45, 7) is 1.59. The summed E-state index contributed by atoms with van der Waals surface area (Å²) in [5, 5.41) is 0.142. The zero-order valence-electron chi connectivity index (χ0n) is 6.51.